The molecule has 0 atom stereocenters. The van der Waals surface area contributed by atoms with Crippen LogP contribution in [-0.2, 0) is 22.4 Å². The van der Waals surface area contributed by atoms with Gasteiger partial charge in [0.2, 0.25) is 0 Å². The highest BCUT2D eigenvalue weighted by atomic mass is 79.9. The SMILES string of the molecule is CCc1ccc(OCC(=O)Oc2ccc(C(=O)OCCc3ccccc3)cc2)c(Br)c1. The van der Waals surface area contributed by atoms with Crippen molar-refractivity contribution in [1.82, 2.24) is 0 Å². The first-order valence-corrected chi connectivity index (χ1v) is 10.8. The number of aryl methyl sites for hydroxylation is 1. The van der Waals surface area contributed by atoms with Crippen LogP contribution >= 0.6 is 15.9 Å². The highest BCUT2D eigenvalue weighted by Gasteiger charge is 2.11. The molecule has 0 bridgehead atoms. The van der Waals surface area contributed by atoms with Gasteiger partial charge in [-0.25, -0.2) is 9.59 Å². The number of rotatable bonds is 9. The number of hydrogen-bond donors (Lipinski definition) is 0. The van der Waals surface area contributed by atoms with E-state index in [4.69, 9.17) is 14.2 Å². The van der Waals surface area contributed by atoms with Crippen molar-refractivity contribution in [2.75, 3.05) is 13.2 Å². The van der Waals surface area contributed by atoms with E-state index >= 15 is 0 Å². The highest BCUT2D eigenvalue weighted by molar-refractivity contribution is 9.10. The van der Waals surface area contributed by atoms with E-state index < -0.39 is 11.9 Å². The first-order chi connectivity index (χ1) is 15.0. The Hall–Kier alpha value is -3.12. The first-order valence-electron chi connectivity index (χ1n) is 9.98. The average Bonchev–Trinajstić information content (AvgIpc) is 2.79. The quantitative estimate of drug-likeness (QED) is 0.302. The summed E-state index contributed by atoms with van der Waals surface area (Å²) < 4.78 is 16.9. The first kappa shape index (κ1) is 22.6. The second-order valence-electron chi connectivity index (χ2n) is 6.78. The Morgan fingerprint density at radius 3 is 2.32 bits per heavy atom. The molecule has 0 fully saturated rings. The maximum absolute atomic E-state index is 12.2. The van der Waals surface area contributed by atoms with Crippen LogP contribution < -0.4 is 9.47 Å². The Kier molecular flexibility index (Phi) is 8.24. The average molecular weight is 483 g/mol. The standard InChI is InChI=1S/C25H23BrO5/c1-2-18-8-13-23(22(26)16-18)30-17-24(27)31-21-11-9-20(10-12-21)25(28)29-15-14-19-6-4-3-5-7-19/h3-13,16H,2,14-15,17H2,1H3. The van der Waals surface area contributed by atoms with Crippen molar-refractivity contribution < 1.29 is 23.8 Å². The van der Waals surface area contributed by atoms with Crippen LogP contribution in [0.3, 0.4) is 0 Å². The minimum absolute atomic E-state index is 0.229. The minimum Gasteiger partial charge on any atom is -0.481 e. The molecule has 0 saturated heterocycles. The van der Waals surface area contributed by atoms with Gasteiger partial charge in [-0.3, -0.25) is 0 Å². The maximum atomic E-state index is 12.2. The normalized spacial score (nSPS) is 10.4. The molecule has 6 heteroatoms. The molecule has 0 amide bonds. The Bertz CT molecular complexity index is 1020. The molecule has 0 aliphatic heterocycles. The molecule has 3 aromatic carbocycles. The minimum atomic E-state index is -0.537. The number of carbonyl (C=O) groups excluding carboxylic acids is 2. The van der Waals surface area contributed by atoms with Gasteiger partial charge in [0.1, 0.15) is 11.5 Å². The summed E-state index contributed by atoms with van der Waals surface area (Å²) in [6, 6.07) is 21.8. The van der Waals surface area contributed by atoms with Gasteiger partial charge >= 0.3 is 11.9 Å². The molecule has 0 saturated carbocycles. The molecule has 0 aliphatic rings. The molecular formula is C25H23BrO5. The molecule has 31 heavy (non-hydrogen) atoms. The van der Waals surface area contributed by atoms with Gasteiger partial charge < -0.3 is 14.2 Å². The number of hydrogen-bond acceptors (Lipinski definition) is 5. The lowest BCUT2D eigenvalue weighted by atomic mass is 10.2. The summed E-state index contributed by atoms with van der Waals surface area (Å²) in [5.41, 5.74) is 2.66. The van der Waals surface area contributed by atoms with Crippen LogP contribution in [-0.4, -0.2) is 25.2 Å². The van der Waals surface area contributed by atoms with Gasteiger partial charge in [0.15, 0.2) is 6.61 Å². The van der Waals surface area contributed by atoms with E-state index in [1.54, 1.807) is 24.3 Å². The molecule has 0 aliphatic carbocycles. The second-order valence-corrected chi connectivity index (χ2v) is 7.63. The predicted molar refractivity (Wildman–Crippen MR) is 122 cm³/mol. The number of halogens is 1. The maximum Gasteiger partial charge on any atom is 0.349 e. The van der Waals surface area contributed by atoms with E-state index in [0.29, 0.717) is 30.1 Å². The van der Waals surface area contributed by atoms with Crippen LogP contribution in [0.15, 0.2) is 77.3 Å². The van der Waals surface area contributed by atoms with Crippen LogP contribution in [0.25, 0.3) is 0 Å². The van der Waals surface area contributed by atoms with Gasteiger partial charge in [-0.05, 0) is 69.9 Å². The van der Waals surface area contributed by atoms with Crippen molar-refractivity contribution in [3.8, 4) is 11.5 Å². The number of esters is 2. The Labute approximate surface area is 190 Å². The van der Waals surface area contributed by atoms with E-state index in [2.05, 4.69) is 22.9 Å². The zero-order valence-electron chi connectivity index (χ0n) is 17.2. The van der Waals surface area contributed by atoms with Gasteiger partial charge in [-0.1, -0.05) is 43.3 Å². The van der Waals surface area contributed by atoms with E-state index in [0.717, 1.165) is 16.5 Å². The molecule has 0 radical (unpaired) electrons. The van der Waals surface area contributed by atoms with Crippen LogP contribution in [0, 0.1) is 0 Å². The fraction of sp³-hybridized carbons (Fsp3) is 0.200. The van der Waals surface area contributed by atoms with E-state index in [-0.39, 0.29) is 6.61 Å². The van der Waals surface area contributed by atoms with Gasteiger partial charge in [0, 0.05) is 6.42 Å². The third kappa shape index (κ3) is 6.96. The van der Waals surface area contributed by atoms with Crippen molar-refractivity contribution in [2.45, 2.75) is 19.8 Å². The number of carbonyl (C=O) groups is 2. The lowest BCUT2D eigenvalue weighted by Crippen LogP contribution is -2.18. The largest absolute Gasteiger partial charge is 0.481 e. The fourth-order valence-electron chi connectivity index (χ4n) is 2.83. The van der Waals surface area contributed by atoms with Crippen molar-refractivity contribution in [1.29, 1.82) is 0 Å². The Morgan fingerprint density at radius 1 is 0.903 bits per heavy atom. The van der Waals surface area contributed by atoms with Gasteiger partial charge in [0.25, 0.3) is 0 Å². The summed E-state index contributed by atoms with van der Waals surface area (Å²) in [5, 5.41) is 0. The van der Waals surface area contributed by atoms with Gasteiger partial charge in [-0.15, -0.1) is 0 Å². The molecule has 0 N–H and O–H groups in total. The van der Waals surface area contributed by atoms with E-state index in [1.807, 2.05) is 48.5 Å². The smallest absolute Gasteiger partial charge is 0.349 e. The topological polar surface area (TPSA) is 61.8 Å². The monoisotopic (exact) mass is 482 g/mol. The summed E-state index contributed by atoms with van der Waals surface area (Å²) in [6.07, 6.45) is 1.57. The fourth-order valence-corrected chi connectivity index (χ4v) is 3.37. The predicted octanol–water partition coefficient (Wildman–Crippen LogP) is 5.40. The highest BCUT2D eigenvalue weighted by Crippen LogP contribution is 2.26. The molecule has 160 valence electrons. The summed E-state index contributed by atoms with van der Waals surface area (Å²) in [7, 11) is 0. The van der Waals surface area contributed by atoms with Crippen molar-refractivity contribution in [3.05, 3.63) is 94.0 Å². The third-order valence-electron chi connectivity index (χ3n) is 4.54. The van der Waals surface area contributed by atoms with Crippen LogP contribution in [0.4, 0.5) is 0 Å². The Balaban J connectivity index is 1.45. The summed E-state index contributed by atoms with van der Waals surface area (Å²) in [5.74, 6) is -0.0558. The zero-order valence-corrected chi connectivity index (χ0v) is 18.8. The van der Waals surface area contributed by atoms with E-state index in [1.165, 1.54) is 5.56 Å². The number of ether oxygens (including phenoxy) is 3. The molecule has 0 unspecified atom stereocenters. The van der Waals surface area contributed by atoms with E-state index in [9.17, 15) is 9.59 Å². The summed E-state index contributed by atoms with van der Waals surface area (Å²) in [6.45, 7) is 2.13. The van der Waals surface area contributed by atoms with Crippen LogP contribution in [0.5, 0.6) is 11.5 Å². The molecule has 0 spiro atoms. The third-order valence-corrected chi connectivity index (χ3v) is 5.16. The van der Waals surface area contributed by atoms with Crippen molar-refractivity contribution >= 4 is 27.9 Å². The van der Waals surface area contributed by atoms with Crippen LogP contribution in [0.2, 0.25) is 0 Å². The van der Waals surface area contributed by atoms with Gasteiger partial charge in [-0.2, -0.15) is 0 Å². The summed E-state index contributed by atoms with van der Waals surface area (Å²) >= 11 is 3.44. The second kappa shape index (κ2) is 11.3. The molecular weight excluding hydrogens is 460 g/mol. The molecule has 5 nitrogen and oxygen atoms in total. The molecule has 3 aromatic rings. The lowest BCUT2D eigenvalue weighted by molar-refractivity contribution is -0.136. The molecule has 3 rings (SSSR count). The lowest BCUT2D eigenvalue weighted by Gasteiger charge is -2.10. The van der Waals surface area contributed by atoms with Gasteiger partial charge in [0.05, 0.1) is 16.6 Å². The Morgan fingerprint density at radius 2 is 1.65 bits per heavy atom. The zero-order chi connectivity index (χ0) is 22.1. The van der Waals surface area contributed by atoms with Crippen molar-refractivity contribution in [3.63, 3.8) is 0 Å². The number of benzene rings is 3. The summed E-state index contributed by atoms with van der Waals surface area (Å²) in [4.78, 5) is 24.2. The van der Waals surface area contributed by atoms with Crippen LogP contribution in [0.1, 0.15) is 28.4 Å². The van der Waals surface area contributed by atoms with Crippen molar-refractivity contribution in [2.24, 2.45) is 0 Å². The molecule has 0 aromatic heterocycles. The molecule has 0 heterocycles.